The van der Waals surface area contributed by atoms with Crippen LogP contribution in [0.2, 0.25) is 10.0 Å². The summed E-state index contributed by atoms with van der Waals surface area (Å²) in [4.78, 5) is 22.0. The summed E-state index contributed by atoms with van der Waals surface area (Å²) in [5, 5.41) is 7.14. The molecule has 0 radical (unpaired) electrons. The molecule has 1 aromatic carbocycles. The second-order valence-corrected chi connectivity index (χ2v) is 10.5. The van der Waals surface area contributed by atoms with Gasteiger partial charge in [-0.1, -0.05) is 37.0 Å². The number of halogens is 2. The summed E-state index contributed by atoms with van der Waals surface area (Å²) in [6, 6.07) is 3.74. The van der Waals surface area contributed by atoms with Crippen LogP contribution < -0.4 is 15.4 Å². The van der Waals surface area contributed by atoms with E-state index in [1.165, 1.54) is 12.4 Å². The van der Waals surface area contributed by atoms with Gasteiger partial charge in [0.1, 0.15) is 12.4 Å². The number of ether oxygens (including phenoxy) is 2. The van der Waals surface area contributed by atoms with Gasteiger partial charge in [-0.2, -0.15) is 0 Å². The first-order valence-corrected chi connectivity index (χ1v) is 12.4. The maximum absolute atomic E-state index is 13.3. The Morgan fingerprint density at radius 2 is 1.86 bits per heavy atom. The molecule has 2 heterocycles. The van der Waals surface area contributed by atoms with Gasteiger partial charge in [-0.05, 0) is 37.2 Å². The summed E-state index contributed by atoms with van der Waals surface area (Å²) in [7, 11) is 3.47. The molecule has 35 heavy (non-hydrogen) atoms. The largest absolute Gasteiger partial charge is 0.490 e. The summed E-state index contributed by atoms with van der Waals surface area (Å²) >= 11 is 12.5. The number of methoxy groups -OCH3 is 1. The van der Waals surface area contributed by atoms with E-state index >= 15 is 0 Å². The molecule has 3 aromatic rings. The van der Waals surface area contributed by atoms with Gasteiger partial charge in [-0.25, -0.2) is 4.98 Å². The van der Waals surface area contributed by atoms with Crippen LogP contribution in [0.15, 0.2) is 24.5 Å². The number of fused-ring (bicyclic) bond motifs is 1. The van der Waals surface area contributed by atoms with E-state index in [4.69, 9.17) is 37.7 Å². The van der Waals surface area contributed by atoms with Crippen molar-refractivity contribution in [3.8, 4) is 5.75 Å². The molecule has 2 N–H and O–H groups in total. The average molecular weight is 520 g/mol. The van der Waals surface area contributed by atoms with E-state index in [0.29, 0.717) is 57.1 Å². The predicted molar refractivity (Wildman–Crippen MR) is 139 cm³/mol. The second kappa shape index (κ2) is 10.6. The molecule has 0 bridgehead atoms. The second-order valence-electron chi connectivity index (χ2n) is 9.69. The molecule has 8 nitrogen and oxygen atoms in total. The average Bonchev–Trinajstić information content (AvgIpc) is 3.12. The molecule has 0 atom stereocenters. The van der Waals surface area contributed by atoms with Gasteiger partial charge in [-0.15, -0.1) is 0 Å². The van der Waals surface area contributed by atoms with E-state index in [2.05, 4.69) is 29.5 Å². The first-order chi connectivity index (χ1) is 16.7. The molecule has 10 heteroatoms. The fourth-order valence-electron chi connectivity index (χ4n) is 4.31. The maximum Gasteiger partial charge on any atom is 0.255 e. The molecular formula is C25H31Cl2N5O3. The van der Waals surface area contributed by atoms with Crippen LogP contribution in [0.5, 0.6) is 5.75 Å². The van der Waals surface area contributed by atoms with E-state index < -0.39 is 0 Å². The lowest BCUT2D eigenvalue weighted by Gasteiger charge is -2.34. The van der Waals surface area contributed by atoms with Crippen molar-refractivity contribution in [2.24, 2.45) is 12.5 Å². The van der Waals surface area contributed by atoms with Crippen molar-refractivity contribution in [3.05, 3.63) is 40.1 Å². The molecular weight excluding hydrogens is 489 g/mol. The molecule has 0 saturated heterocycles. The molecule has 0 spiro atoms. The van der Waals surface area contributed by atoms with Crippen LogP contribution in [-0.2, 0) is 11.8 Å². The van der Waals surface area contributed by atoms with Gasteiger partial charge in [0, 0.05) is 38.7 Å². The van der Waals surface area contributed by atoms with E-state index in [1.807, 2.05) is 17.7 Å². The Balaban J connectivity index is 1.65. The lowest BCUT2D eigenvalue weighted by molar-refractivity contribution is 0.0901. The van der Waals surface area contributed by atoms with Crippen LogP contribution >= 0.6 is 23.2 Å². The van der Waals surface area contributed by atoms with Crippen molar-refractivity contribution in [1.29, 1.82) is 0 Å². The van der Waals surface area contributed by atoms with Gasteiger partial charge in [0.25, 0.3) is 5.91 Å². The fourth-order valence-corrected chi connectivity index (χ4v) is 4.77. The first-order valence-electron chi connectivity index (χ1n) is 11.7. The standard InChI is InChI=1S/C25H31Cl2N5O3/c1-25(2)7-5-15(6-8-25)29-23(33)16-11-19-20(12-21(16)35-10-9-34-4)32(3)24(30-19)31-22-17(26)13-28-14-18(22)27/h11-15H,5-10H2,1-4H3,(H,29,33)(H,28,30,31). The number of aryl methyl sites for hydroxylation is 1. The zero-order chi connectivity index (χ0) is 25.2. The van der Waals surface area contributed by atoms with E-state index in [-0.39, 0.29) is 11.9 Å². The van der Waals surface area contributed by atoms with Crippen LogP contribution in [0, 0.1) is 5.41 Å². The van der Waals surface area contributed by atoms with Crippen LogP contribution in [0.25, 0.3) is 11.0 Å². The summed E-state index contributed by atoms with van der Waals surface area (Å²) < 4.78 is 12.9. The highest BCUT2D eigenvalue weighted by atomic mass is 35.5. The summed E-state index contributed by atoms with van der Waals surface area (Å²) in [6.45, 7) is 5.29. The third-order valence-corrected chi connectivity index (χ3v) is 7.11. The Kier molecular flexibility index (Phi) is 7.73. The quantitative estimate of drug-likeness (QED) is 0.368. The van der Waals surface area contributed by atoms with E-state index in [1.54, 1.807) is 13.2 Å². The Labute approximate surface area is 215 Å². The van der Waals surface area contributed by atoms with Crippen molar-refractivity contribution in [3.63, 3.8) is 0 Å². The molecule has 1 saturated carbocycles. The first kappa shape index (κ1) is 25.5. The number of rotatable bonds is 8. The Morgan fingerprint density at radius 3 is 2.51 bits per heavy atom. The molecule has 188 valence electrons. The Morgan fingerprint density at radius 1 is 1.17 bits per heavy atom. The smallest absolute Gasteiger partial charge is 0.255 e. The topological polar surface area (TPSA) is 90.3 Å². The summed E-state index contributed by atoms with van der Waals surface area (Å²) in [5.74, 6) is 0.840. The number of nitrogens with one attached hydrogen (secondary N) is 2. The normalized spacial score (nSPS) is 15.8. The minimum absolute atomic E-state index is 0.148. The number of nitrogens with zero attached hydrogens (tertiary/aromatic N) is 3. The van der Waals surface area contributed by atoms with Gasteiger partial charge in [0.2, 0.25) is 5.95 Å². The Bertz CT molecular complexity index is 1200. The Hall–Kier alpha value is -2.55. The third kappa shape index (κ3) is 5.82. The third-order valence-electron chi connectivity index (χ3n) is 6.54. The van der Waals surface area contributed by atoms with Gasteiger partial charge in [-0.3, -0.25) is 9.78 Å². The minimum Gasteiger partial charge on any atom is -0.490 e. The van der Waals surface area contributed by atoms with Crippen LogP contribution in [-0.4, -0.2) is 46.8 Å². The predicted octanol–water partition coefficient (Wildman–Crippen LogP) is 5.74. The van der Waals surface area contributed by atoms with Crippen LogP contribution in [0.3, 0.4) is 0 Å². The number of amides is 1. The van der Waals surface area contributed by atoms with E-state index in [9.17, 15) is 4.79 Å². The van der Waals surface area contributed by atoms with Crippen molar-refractivity contribution in [1.82, 2.24) is 19.9 Å². The summed E-state index contributed by atoms with van der Waals surface area (Å²) in [6.07, 6.45) is 7.12. The minimum atomic E-state index is -0.163. The number of anilines is 2. The molecule has 1 aliphatic rings. The number of benzene rings is 1. The van der Waals surface area contributed by atoms with Crippen molar-refractivity contribution in [2.45, 2.75) is 45.6 Å². The number of pyridine rings is 1. The van der Waals surface area contributed by atoms with Gasteiger partial charge >= 0.3 is 0 Å². The SMILES string of the molecule is COCCOc1cc2c(cc1C(=O)NC1CCC(C)(C)CC1)nc(Nc1c(Cl)cncc1Cl)n2C. The number of hydrogen-bond acceptors (Lipinski definition) is 6. The zero-order valence-electron chi connectivity index (χ0n) is 20.5. The molecule has 0 aliphatic heterocycles. The monoisotopic (exact) mass is 519 g/mol. The molecule has 1 aliphatic carbocycles. The maximum atomic E-state index is 13.3. The van der Waals surface area contributed by atoms with Crippen LogP contribution in [0.4, 0.5) is 11.6 Å². The highest BCUT2D eigenvalue weighted by molar-refractivity contribution is 6.39. The van der Waals surface area contributed by atoms with Gasteiger partial charge in [0.15, 0.2) is 0 Å². The van der Waals surface area contributed by atoms with E-state index in [0.717, 1.165) is 31.2 Å². The number of carbonyl (C=O) groups is 1. The van der Waals surface area contributed by atoms with Gasteiger partial charge < -0.3 is 24.7 Å². The highest BCUT2D eigenvalue weighted by Crippen LogP contribution is 2.36. The summed E-state index contributed by atoms with van der Waals surface area (Å²) in [5.41, 5.74) is 2.72. The highest BCUT2D eigenvalue weighted by Gasteiger charge is 2.28. The molecule has 4 rings (SSSR count). The zero-order valence-corrected chi connectivity index (χ0v) is 22.0. The van der Waals surface area contributed by atoms with Crippen molar-refractivity contribution >= 4 is 51.8 Å². The molecule has 1 amide bonds. The lowest BCUT2D eigenvalue weighted by atomic mass is 9.75. The molecule has 2 aromatic heterocycles. The van der Waals surface area contributed by atoms with Crippen LogP contribution in [0.1, 0.15) is 49.9 Å². The number of imidazole rings is 1. The number of hydrogen-bond donors (Lipinski definition) is 2. The van der Waals surface area contributed by atoms with Crippen molar-refractivity contribution < 1.29 is 14.3 Å². The lowest BCUT2D eigenvalue weighted by Crippen LogP contribution is -2.39. The van der Waals surface area contributed by atoms with Gasteiger partial charge in [0.05, 0.1) is 38.9 Å². The fraction of sp³-hybridized carbons (Fsp3) is 0.480. The molecule has 0 unspecified atom stereocenters. The number of aromatic nitrogens is 3. The molecule has 1 fully saturated rings. The van der Waals surface area contributed by atoms with Crippen molar-refractivity contribution in [2.75, 3.05) is 25.6 Å². The number of carbonyl (C=O) groups excluding carboxylic acids is 1.